The van der Waals surface area contributed by atoms with Gasteiger partial charge in [0.15, 0.2) is 0 Å². The molecule has 2 rings (SSSR count). The molecule has 31 heavy (non-hydrogen) atoms. The van der Waals surface area contributed by atoms with Crippen LogP contribution in [-0.4, -0.2) is 22.8 Å². The standard InChI is InChI=1S/C22H17ClF3NO4/c1-2-3-14(12-20(29)30)13-4-7-17(8-5-13)27-21(31)19(28)11-15-10-16(22(24,25)26)6-9-18(15)23/h4-10,14H,11-12H2,1H3,(H,27,31)(H,29,30)/t14-/m1/s1. The first-order valence-electron chi connectivity index (χ1n) is 8.95. The van der Waals surface area contributed by atoms with Crippen LogP contribution in [0.1, 0.15) is 36.0 Å². The van der Waals surface area contributed by atoms with Crippen LogP contribution in [0.15, 0.2) is 42.5 Å². The highest BCUT2D eigenvalue weighted by Crippen LogP contribution is 2.32. The van der Waals surface area contributed by atoms with Crippen molar-refractivity contribution in [3.05, 3.63) is 64.2 Å². The second-order valence-corrected chi connectivity index (χ2v) is 6.93. The molecule has 0 radical (unpaired) electrons. The summed E-state index contributed by atoms with van der Waals surface area (Å²) in [5, 5.41) is 11.3. The fraction of sp³-hybridized carbons (Fsp3) is 0.227. The lowest BCUT2D eigenvalue weighted by molar-refractivity contribution is -0.138. The Morgan fingerprint density at radius 3 is 2.32 bits per heavy atom. The Morgan fingerprint density at radius 2 is 1.77 bits per heavy atom. The minimum absolute atomic E-state index is 0.0555. The Morgan fingerprint density at radius 1 is 1.13 bits per heavy atom. The first-order chi connectivity index (χ1) is 14.5. The van der Waals surface area contributed by atoms with Gasteiger partial charge in [-0.05, 0) is 48.4 Å². The topological polar surface area (TPSA) is 83.5 Å². The molecule has 0 aliphatic carbocycles. The molecule has 2 N–H and O–H groups in total. The Labute approximate surface area is 181 Å². The molecule has 0 saturated carbocycles. The average molecular weight is 452 g/mol. The van der Waals surface area contributed by atoms with Crippen LogP contribution in [0.4, 0.5) is 18.9 Å². The van der Waals surface area contributed by atoms with Crippen molar-refractivity contribution in [2.45, 2.75) is 31.9 Å². The van der Waals surface area contributed by atoms with Gasteiger partial charge in [-0.1, -0.05) is 29.7 Å². The van der Waals surface area contributed by atoms with Gasteiger partial charge >= 0.3 is 12.1 Å². The number of anilines is 1. The van der Waals surface area contributed by atoms with E-state index >= 15 is 0 Å². The molecule has 1 atom stereocenters. The van der Waals surface area contributed by atoms with Crippen LogP contribution in [0.2, 0.25) is 5.02 Å². The van der Waals surface area contributed by atoms with E-state index in [1.807, 2.05) is 0 Å². The number of alkyl halides is 3. The van der Waals surface area contributed by atoms with Crippen molar-refractivity contribution in [1.82, 2.24) is 0 Å². The van der Waals surface area contributed by atoms with E-state index < -0.39 is 41.7 Å². The average Bonchev–Trinajstić information content (AvgIpc) is 2.68. The second kappa shape index (κ2) is 10.1. The van der Waals surface area contributed by atoms with Crippen molar-refractivity contribution >= 4 is 34.9 Å². The van der Waals surface area contributed by atoms with E-state index in [9.17, 15) is 27.6 Å². The zero-order chi connectivity index (χ0) is 23.2. The molecule has 0 fully saturated rings. The van der Waals surface area contributed by atoms with Crippen LogP contribution >= 0.6 is 11.6 Å². The van der Waals surface area contributed by atoms with Gasteiger partial charge in [0.25, 0.3) is 5.91 Å². The largest absolute Gasteiger partial charge is 0.481 e. The van der Waals surface area contributed by atoms with Gasteiger partial charge in [0.1, 0.15) is 0 Å². The van der Waals surface area contributed by atoms with Gasteiger partial charge in [-0.25, -0.2) is 0 Å². The number of halogens is 4. The van der Waals surface area contributed by atoms with Gasteiger partial charge < -0.3 is 10.4 Å². The molecule has 5 nitrogen and oxygen atoms in total. The van der Waals surface area contributed by atoms with E-state index in [0.29, 0.717) is 5.56 Å². The molecule has 1 amide bonds. The number of carboxylic acids is 1. The number of carbonyl (C=O) groups is 3. The number of rotatable bonds is 7. The molecule has 9 heteroatoms. The van der Waals surface area contributed by atoms with Crippen molar-refractivity contribution < 1.29 is 32.7 Å². The minimum Gasteiger partial charge on any atom is -0.481 e. The normalized spacial score (nSPS) is 11.8. The van der Waals surface area contributed by atoms with Gasteiger partial charge in [-0.3, -0.25) is 14.4 Å². The molecule has 2 aromatic rings. The quantitative estimate of drug-likeness (QED) is 0.472. The van der Waals surface area contributed by atoms with Crippen LogP contribution in [0.25, 0.3) is 0 Å². The van der Waals surface area contributed by atoms with Crippen LogP contribution in [-0.2, 0) is 27.0 Å². The summed E-state index contributed by atoms with van der Waals surface area (Å²) in [6, 6.07) is 8.64. The number of hydrogen-bond donors (Lipinski definition) is 2. The van der Waals surface area contributed by atoms with Gasteiger partial charge in [0, 0.05) is 17.1 Å². The fourth-order valence-electron chi connectivity index (χ4n) is 2.74. The summed E-state index contributed by atoms with van der Waals surface area (Å²) in [4.78, 5) is 35.3. The Balaban J connectivity index is 2.09. The van der Waals surface area contributed by atoms with Crippen molar-refractivity contribution in [2.75, 3.05) is 5.32 Å². The van der Waals surface area contributed by atoms with Crippen molar-refractivity contribution in [1.29, 1.82) is 0 Å². The lowest BCUT2D eigenvalue weighted by atomic mass is 9.96. The monoisotopic (exact) mass is 451 g/mol. The molecular weight excluding hydrogens is 435 g/mol. The van der Waals surface area contributed by atoms with E-state index in [0.717, 1.165) is 18.2 Å². The predicted molar refractivity (Wildman–Crippen MR) is 109 cm³/mol. The first kappa shape index (κ1) is 24.0. The number of hydrogen-bond acceptors (Lipinski definition) is 3. The van der Waals surface area contributed by atoms with Crippen LogP contribution < -0.4 is 5.32 Å². The predicted octanol–water partition coefficient (Wildman–Crippen LogP) is 4.69. The third-order valence-electron chi connectivity index (χ3n) is 4.25. The number of aliphatic carboxylic acids is 1. The highest BCUT2D eigenvalue weighted by atomic mass is 35.5. The van der Waals surface area contributed by atoms with Gasteiger partial charge in [0.2, 0.25) is 5.78 Å². The summed E-state index contributed by atoms with van der Waals surface area (Å²) >= 11 is 5.86. The third kappa shape index (κ3) is 6.86. The van der Waals surface area contributed by atoms with Gasteiger partial charge in [-0.15, -0.1) is 5.92 Å². The third-order valence-corrected chi connectivity index (χ3v) is 4.61. The molecule has 2 aromatic carbocycles. The van der Waals surface area contributed by atoms with E-state index in [1.54, 1.807) is 19.1 Å². The number of ketones is 1. The summed E-state index contributed by atoms with van der Waals surface area (Å²) in [6.45, 7) is 1.59. The molecular formula is C22H17ClF3NO4. The van der Waals surface area contributed by atoms with Crippen LogP contribution in [0, 0.1) is 11.8 Å². The summed E-state index contributed by atoms with van der Waals surface area (Å²) in [5.41, 5.74) is -0.198. The second-order valence-electron chi connectivity index (χ2n) is 6.52. The van der Waals surface area contributed by atoms with Crippen molar-refractivity contribution in [3.8, 4) is 11.8 Å². The summed E-state index contributed by atoms with van der Waals surface area (Å²) in [5.74, 6) is 1.93. The lowest BCUT2D eigenvalue weighted by Gasteiger charge is -2.11. The lowest BCUT2D eigenvalue weighted by Crippen LogP contribution is -2.24. The van der Waals surface area contributed by atoms with Crippen LogP contribution in [0.5, 0.6) is 0 Å². The number of amides is 1. The molecule has 0 aliphatic rings. The molecule has 0 aliphatic heterocycles. The molecule has 0 bridgehead atoms. The first-order valence-corrected chi connectivity index (χ1v) is 9.33. The SMILES string of the molecule is CC#C[C@H](CC(=O)O)c1ccc(NC(=O)C(=O)Cc2cc(C(F)(F)F)ccc2Cl)cc1. The Kier molecular flexibility index (Phi) is 7.83. The highest BCUT2D eigenvalue weighted by molar-refractivity contribution is 6.41. The van der Waals surface area contributed by atoms with Crippen molar-refractivity contribution in [3.63, 3.8) is 0 Å². The number of carboxylic acid groups (broad SMARTS) is 1. The number of nitrogens with one attached hydrogen (secondary N) is 1. The summed E-state index contributed by atoms with van der Waals surface area (Å²) in [7, 11) is 0. The van der Waals surface area contributed by atoms with Gasteiger partial charge in [-0.2, -0.15) is 13.2 Å². The minimum atomic E-state index is -4.60. The van der Waals surface area contributed by atoms with E-state index in [4.69, 9.17) is 16.7 Å². The zero-order valence-electron chi connectivity index (χ0n) is 16.2. The highest BCUT2D eigenvalue weighted by Gasteiger charge is 2.31. The molecule has 0 heterocycles. The summed E-state index contributed by atoms with van der Waals surface area (Å²) in [6.07, 6.45) is -5.39. The van der Waals surface area contributed by atoms with Crippen molar-refractivity contribution in [2.24, 2.45) is 0 Å². The van der Waals surface area contributed by atoms with E-state index in [-0.39, 0.29) is 22.7 Å². The molecule has 0 aromatic heterocycles. The maximum absolute atomic E-state index is 12.8. The molecule has 162 valence electrons. The fourth-order valence-corrected chi connectivity index (χ4v) is 2.92. The number of benzene rings is 2. The summed E-state index contributed by atoms with van der Waals surface area (Å²) < 4.78 is 38.5. The van der Waals surface area contributed by atoms with E-state index in [2.05, 4.69) is 17.2 Å². The zero-order valence-corrected chi connectivity index (χ0v) is 17.0. The smallest absolute Gasteiger partial charge is 0.416 e. The maximum atomic E-state index is 12.8. The van der Waals surface area contributed by atoms with Crippen LogP contribution in [0.3, 0.4) is 0 Å². The van der Waals surface area contributed by atoms with E-state index in [1.165, 1.54) is 12.1 Å². The maximum Gasteiger partial charge on any atom is 0.416 e. The molecule has 0 saturated heterocycles. The number of carbonyl (C=O) groups excluding carboxylic acids is 2. The Hall–Kier alpha value is -3.31. The number of Topliss-reactive ketones (excluding diaryl/α,β-unsaturated/α-hetero) is 1. The Bertz CT molecular complexity index is 1050. The van der Waals surface area contributed by atoms with Gasteiger partial charge in [0.05, 0.1) is 17.9 Å². The molecule has 0 spiro atoms. The molecule has 0 unspecified atom stereocenters.